The molecule has 0 bridgehead atoms. The van der Waals surface area contributed by atoms with Gasteiger partial charge >= 0.3 is 0 Å². The number of rotatable bonds is 8. The van der Waals surface area contributed by atoms with Crippen LogP contribution in [-0.4, -0.2) is 32.8 Å². The average molecular weight is 309 g/mol. The summed E-state index contributed by atoms with van der Waals surface area (Å²) >= 11 is 1.75. The van der Waals surface area contributed by atoms with Crippen LogP contribution in [0.4, 0.5) is 0 Å². The predicted octanol–water partition coefficient (Wildman–Crippen LogP) is 3.01. The van der Waals surface area contributed by atoms with Gasteiger partial charge in [-0.05, 0) is 43.0 Å². The Balaban J connectivity index is 1.85. The standard InChI is InChI=1S/C16H27N3OS/c1-3-17-15(18-12-14-6-4-11-21-14)19-13-16(7-5-8-16)9-10-20-2/h4,6,11H,3,5,7-10,12-13H2,1-2H3,(H2,17,18,19). The second-order valence-corrected chi connectivity index (χ2v) is 6.76. The van der Waals surface area contributed by atoms with Crippen molar-refractivity contribution in [3.63, 3.8) is 0 Å². The molecule has 1 fully saturated rings. The van der Waals surface area contributed by atoms with Gasteiger partial charge in [0.1, 0.15) is 0 Å². The summed E-state index contributed by atoms with van der Waals surface area (Å²) in [7, 11) is 1.78. The van der Waals surface area contributed by atoms with Gasteiger partial charge in [-0.1, -0.05) is 12.5 Å². The van der Waals surface area contributed by atoms with Crippen LogP contribution in [0.1, 0.15) is 37.5 Å². The summed E-state index contributed by atoms with van der Waals surface area (Å²) < 4.78 is 5.25. The molecule has 1 aromatic heterocycles. The third-order valence-corrected chi connectivity index (χ3v) is 5.06. The normalized spacial score (nSPS) is 17.3. The molecule has 1 heterocycles. The fraction of sp³-hybridized carbons (Fsp3) is 0.688. The number of aliphatic imine (C=N–C) groups is 1. The van der Waals surface area contributed by atoms with Gasteiger partial charge in [0.2, 0.25) is 0 Å². The van der Waals surface area contributed by atoms with Crippen LogP contribution in [0.2, 0.25) is 0 Å². The number of nitrogens with zero attached hydrogens (tertiary/aromatic N) is 1. The summed E-state index contributed by atoms with van der Waals surface area (Å²) in [5.41, 5.74) is 0.412. The molecule has 0 atom stereocenters. The fourth-order valence-electron chi connectivity index (χ4n) is 2.68. The molecular weight excluding hydrogens is 282 g/mol. The number of nitrogens with one attached hydrogen (secondary N) is 2. The van der Waals surface area contributed by atoms with Crippen molar-refractivity contribution in [3.05, 3.63) is 22.4 Å². The molecule has 0 amide bonds. The minimum absolute atomic E-state index is 0.412. The van der Waals surface area contributed by atoms with E-state index in [2.05, 4.69) is 40.1 Å². The number of ether oxygens (including phenoxy) is 1. The molecule has 1 aliphatic carbocycles. The van der Waals surface area contributed by atoms with E-state index in [9.17, 15) is 0 Å². The predicted molar refractivity (Wildman–Crippen MR) is 89.9 cm³/mol. The van der Waals surface area contributed by atoms with E-state index in [0.29, 0.717) is 5.41 Å². The van der Waals surface area contributed by atoms with Crippen LogP contribution in [0.3, 0.4) is 0 Å². The molecule has 21 heavy (non-hydrogen) atoms. The summed E-state index contributed by atoms with van der Waals surface area (Å²) in [6.45, 7) is 5.59. The van der Waals surface area contributed by atoms with Crippen molar-refractivity contribution in [1.29, 1.82) is 0 Å². The maximum atomic E-state index is 5.25. The molecule has 0 radical (unpaired) electrons. The van der Waals surface area contributed by atoms with E-state index in [1.807, 2.05) is 0 Å². The number of hydrogen-bond donors (Lipinski definition) is 2. The third kappa shape index (κ3) is 5.00. The van der Waals surface area contributed by atoms with Gasteiger partial charge in [0, 0.05) is 31.7 Å². The third-order valence-electron chi connectivity index (χ3n) is 4.20. The number of hydrogen-bond acceptors (Lipinski definition) is 3. The van der Waals surface area contributed by atoms with Crippen LogP contribution in [0.5, 0.6) is 0 Å². The summed E-state index contributed by atoms with van der Waals surface area (Å²) in [5, 5.41) is 8.95. The van der Waals surface area contributed by atoms with Crippen LogP contribution >= 0.6 is 11.3 Å². The molecule has 5 heteroatoms. The highest BCUT2D eigenvalue weighted by Crippen LogP contribution is 2.43. The van der Waals surface area contributed by atoms with Crippen molar-refractivity contribution in [2.24, 2.45) is 10.4 Å². The van der Waals surface area contributed by atoms with Crippen molar-refractivity contribution in [2.75, 3.05) is 26.8 Å². The molecule has 1 aromatic rings. The van der Waals surface area contributed by atoms with E-state index in [4.69, 9.17) is 4.74 Å². The largest absolute Gasteiger partial charge is 0.385 e. The Labute approximate surface area is 132 Å². The van der Waals surface area contributed by atoms with Gasteiger partial charge in [0.15, 0.2) is 5.96 Å². The van der Waals surface area contributed by atoms with Gasteiger partial charge in [-0.15, -0.1) is 11.3 Å². The van der Waals surface area contributed by atoms with Gasteiger partial charge in [-0.2, -0.15) is 0 Å². The Morgan fingerprint density at radius 3 is 2.86 bits per heavy atom. The topological polar surface area (TPSA) is 45.7 Å². The Bertz CT molecular complexity index is 427. The van der Waals surface area contributed by atoms with Crippen LogP contribution in [0.15, 0.2) is 22.5 Å². The molecule has 0 unspecified atom stereocenters. The lowest BCUT2D eigenvalue weighted by atomic mass is 9.67. The van der Waals surface area contributed by atoms with Crippen LogP contribution in [-0.2, 0) is 11.3 Å². The van der Waals surface area contributed by atoms with E-state index in [1.54, 1.807) is 18.4 Å². The first-order chi connectivity index (χ1) is 10.3. The number of methoxy groups -OCH3 is 1. The van der Waals surface area contributed by atoms with Gasteiger partial charge in [0.25, 0.3) is 0 Å². The Morgan fingerprint density at radius 1 is 1.43 bits per heavy atom. The Morgan fingerprint density at radius 2 is 2.29 bits per heavy atom. The van der Waals surface area contributed by atoms with E-state index in [1.165, 1.54) is 24.1 Å². The molecule has 1 aliphatic rings. The van der Waals surface area contributed by atoms with Crippen molar-refractivity contribution in [3.8, 4) is 0 Å². The summed E-state index contributed by atoms with van der Waals surface area (Å²) in [6, 6.07) is 4.20. The zero-order chi connectivity index (χ0) is 15.0. The number of guanidine groups is 1. The second-order valence-electron chi connectivity index (χ2n) is 5.72. The molecule has 2 rings (SSSR count). The highest BCUT2D eigenvalue weighted by Gasteiger charge is 2.36. The SMILES string of the molecule is CCNC(=NCc1cccs1)NCC1(CCOC)CCC1. The maximum Gasteiger partial charge on any atom is 0.191 e. The first kappa shape index (κ1) is 16.3. The molecule has 2 N–H and O–H groups in total. The van der Waals surface area contributed by atoms with Gasteiger partial charge in [-0.25, -0.2) is 4.99 Å². The smallest absolute Gasteiger partial charge is 0.191 e. The first-order valence-corrected chi connectivity index (χ1v) is 8.69. The lowest BCUT2D eigenvalue weighted by Crippen LogP contribution is -2.46. The maximum absolute atomic E-state index is 5.25. The first-order valence-electron chi connectivity index (χ1n) is 7.81. The highest BCUT2D eigenvalue weighted by atomic mass is 32.1. The average Bonchev–Trinajstić information content (AvgIpc) is 2.96. The van der Waals surface area contributed by atoms with Crippen LogP contribution in [0.25, 0.3) is 0 Å². The minimum Gasteiger partial charge on any atom is -0.385 e. The van der Waals surface area contributed by atoms with Crippen molar-refractivity contribution in [1.82, 2.24) is 10.6 Å². The molecule has 0 saturated heterocycles. The molecule has 0 spiro atoms. The second kappa shape index (κ2) is 8.39. The van der Waals surface area contributed by atoms with E-state index in [0.717, 1.165) is 38.6 Å². The molecule has 0 aromatic carbocycles. The van der Waals surface area contributed by atoms with Crippen LogP contribution in [0, 0.1) is 5.41 Å². The quantitative estimate of drug-likeness (QED) is 0.573. The minimum atomic E-state index is 0.412. The lowest BCUT2D eigenvalue weighted by Gasteiger charge is -2.42. The van der Waals surface area contributed by atoms with Gasteiger partial charge in [0.05, 0.1) is 6.54 Å². The lowest BCUT2D eigenvalue weighted by molar-refractivity contribution is 0.0732. The van der Waals surface area contributed by atoms with Gasteiger partial charge in [-0.3, -0.25) is 0 Å². The van der Waals surface area contributed by atoms with E-state index >= 15 is 0 Å². The Hall–Kier alpha value is -1.07. The Kier molecular flexibility index (Phi) is 6.51. The zero-order valence-corrected chi connectivity index (χ0v) is 14.0. The van der Waals surface area contributed by atoms with Gasteiger partial charge < -0.3 is 15.4 Å². The molecule has 0 aliphatic heterocycles. The summed E-state index contributed by atoms with van der Waals surface area (Å²) in [6.07, 6.45) is 5.08. The van der Waals surface area contributed by atoms with Crippen molar-refractivity contribution < 1.29 is 4.74 Å². The molecule has 118 valence electrons. The highest BCUT2D eigenvalue weighted by molar-refractivity contribution is 7.09. The monoisotopic (exact) mass is 309 g/mol. The number of thiophene rings is 1. The molecule has 1 saturated carbocycles. The summed E-state index contributed by atoms with van der Waals surface area (Å²) in [4.78, 5) is 5.97. The van der Waals surface area contributed by atoms with Crippen molar-refractivity contribution in [2.45, 2.75) is 39.2 Å². The zero-order valence-electron chi connectivity index (χ0n) is 13.2. The molecular formula is C16H27N3OS. The van der Waals surface area contributed by atoms with Crippen molar-refractivity contribution >= 4 is 17.3 Å². The van der Waals surface area contributed by atoms with Crippen LogP contribution < -0.4 is 10.6 Å². The van der Waals surface area contributed by atoms with E-state index < -0.39 is 0 Å². The molecule has 4 nitrogen and oxygen atoms in total. The fourth-order valence-corrected chi connectivity index (χ4v) is 3.31. The van der Waals surface area contributed by atoms with E-state index in [-0.39, 0.29) is 0 Å². The summed E-state index contributed by atoms with van der Waals surface area (Å²) in [5.74, 6) is 0.926.